The highest BCUT2D eigenvalue weighted by Gasteiger charge is 2.46. The van der Waals surface area contributed by atoms with Gasteiger partial charge in [0.2, 0.25) is 29.5 Å². The summed E-state index contributed by atoms with van der Waals surface area (Å²) in [5, 5.41) is 11.1. The number of carbonyl (C=O) groups excluding carboxylic acids is 6. The van der Waals surface area contributed by atoms with Gasteiger partial charge in [0.25, 0.3) is 0 Å². The van der Waals surface area contributed by atoms with Crippen molar-refractivity contribution in [3.05, 3.63) is 0 Å². The largest absolute Gasteiger partial charge is 0.460 e. The van der Waals surface area contributed by atoms with Gasteiger partial charge in [0.15, 0.2) is 0 Å². The third kappa shape index (κ3) is 17.2. The second-order valence-corrected chi connectivity index (χ2v) is 18.5. The SMILES string of the molecule is CCCCCCC[C@H]1OC(=O)CNC(=O)[C@H]([C@H](C)OC(C)(C)C)NC(=O)[C@H](COC(C)(C)C)NC(=O)[C@H]([C@H](C)CC)NC(=O)[C@H](CC(C)C)N(C)C(=O)[C@]1(C)CC. The topological polar surface area (TPSA) is 181 Å². The summed E-state index contributed by atoms with van der Waals surface area (Å²) in [6, 6.07) is -4.63. The average molecular weight is 810 g/mol. The molecule has 0 aromatic carbocycles. The van der Waals surface area contributed by atoms with E-state index in [-0.39, 0.29) is 24.3 Å². The molecule has 1 fully saturated rings. The Hall–Kier alpha value is -3.26. The van der Waals surface area contributed by atoms with E-state index in [4.69, 9.17) is 14.2 Å². The number of rotatable bonds is 15. The Kier molecular flexibility index (Phi) is 21.2. The van der Waals surface area contributed by atoms with Crippen molar-refractivity contribution < 1.29 is 43.0 Å². The van der Waals surface area contributed by atoms with E-state index < -0.39 is 89.1 Å². The normalized spacial score (nSPS) is 26.7. The van der Waals surface area contributed by atoms with Gasteiger partial charge >= 0.3 is 5.97 Å². The molecule has 8 atom stereocenters. The van der Waals surface area contributed by atoms with E-state index >= 15 is 0 Å². The van der Waals surface area contributed by atoms with Crippen molar-refractivity contribution in [1.82, 2.24) is 26.2 Å². The molecule has 14 nitrogen and oxygen atoms in total. The van der Waals surface area contributed by atoms with Crippen molar-refractivity contribution in [3.63, 3.8) is 0 Å². The standard InChI is InChI=1S/C43H79N5O9/c1-16-19-20-21-22-23-32-43(14,18-3)40(54)48(15)31(24-27(4)5)37(51)46-34(28(6)17-2)39(53)45-30(26-55-41(8,9)10)36(50)47-35(29(7)57-42(11,12)13)38(52)44-25-33(49)56-32/h27-32,34-35H,16-26H2,1-15H3,(H,44,52)(H,45,53)(H,46,51)(H,47,50)/t28-,29+,30+,31+,32-,34+,35+,43-/m1/s1. The molecule has 0 bridgehead atoms. The van der Waals surface area contributed by atoms with Crippen LogP contribution in [0.4, 0.5) is 0 Å². The van der Waals surface area contributed by atoms with Crippen LogP contribution in [0.3, 0.4) is 0 Å². The zero-order valence-electron chi connectivity index (χ0n) is 38.0. The minimum absolute atomic E-state index is 0.00242. The van der Waals surface area contributed by atoms with Crippen molar-refractivity contribution in [1.29, 1.82) is 0 Å². The zero-order valence-corrected chi connectivity index (χ0v) is 38.0. The predicted octanol–water partition coefficient (Wildman–Crippen LogP) is 5.20. The lowest BCUT2D eigenvalue weighted by molar-refractivity contribution is -0.167. The van der Waals surface area contributed by atoms with Gasteiger partial charge < -0.3 is 40.4 Å². The molecule has 330 valence electrons. The zero-order chi connectivity index (χ0) is 43.9. The van der Waals surface area contributed by atoms with Gasteiger partial charge in [0.05, 0.1) is 29.3 Å². The number of amides is 5. The number of likely N-dealkylation sites (N-methyl/N-ethyl adjacent to an activating group) is 1. The smallest absolute Gasteiger partial charge is 0.325 e. The highest BCUT2D eigenvalue weighted by atomic mass is 16.5. The molecule has 0 saturated carbocycles. The summed E-state index contributed by atoms with van der Waals surface area (Å²) < 4.78 is 18.2. The van der Waals surface area contributed by atoms with Gasteiger partial charge in [-0.15, -0.1) is 0 Å². The van der Waals surface area contributed by atoms with Crippen molar-refractivity contribution >= 4 is 35.5 Å². The first kappa shape index (κ1) is 51.8. The molecule has 0 spiro atoms. The third-order valence-corrected chi connectivity index (χ3v) is 10.7. The molecule has 1 aliphatic heterocycles. The van der Waals surface area contributed by atoms with Gasteiger partial charge in [-0.05, 0) is 92.9 Å². The molecule has 0 radical (unpaired) electrons. The molecule has 0 aromatic rings. The maximum absolute atomic E-state index is 14.7. The van der Waals surface area contributed by atoms with E-state index in [1.165, 1.54) is 4.90 Å². The van der Waals surface area contributed by atoms with Gasteiger partial charge in [0, 0.05) is 7.05 Å². The van der Waals surface area contributed by atoms with Gasteiger partial charge in [0.1, 0.15) is 36.8 Å². The van der Waals surface area contributed by atoms with Crippen LogP contribution < -0.4 is 21.3 Å². The quantitative estimate of drug-likeness (QED) is 0.128. The summed E-state index contributed by atoms with van der Waals surface area (Å²) in [5.41, 5.74) is -2.63. The van der Waals surface area contributed by atoms with Crippen LogP contribution in [0.1, 0.15) is 155 Å². The van der Waals surface area contributed by atoms with Crippen molar-refractivity contribution in [2.45, 2.75) is 202 Å². The fraction of sp³-hybridized carbons (Fsp3) is 0.860. The molecule has 0 unspecified atom stereocenters. The minimum atomic E-state index is -1.30. The average Bonchev–Trinajstić information content (AvgIpc) is 3.11. The molecular formula is C43H79N5O9. The molecule has 5 amide bonds. The number of cyclic esters (lactones) is 1. The first-order valence-electron chi connectivity index (χ1n) is 21.3. The highest BCUT2D eigenvalue weighted by Crippen LogP contribution is 2.35. The van der Waals surface area contributed by atoms with Gasteiger partial charge in [-0.25, -0.2) is 0 Å². The predicted molar refractivity (Wildman–Crippen MR) is 222 cm³/mol. The Morgan fingerprint density at radius 3 is 1.91 bits per heavy atom. The summed E-state index contributed by atoms with van der Waals surface area (Å²) >= 11 is 0. The number of carbonyl (C=O) groups is 6. The van der Waals surface area contributed by atoms with E-state index in [0.717, 1.165) is 25.7 Å². The number of hydrogen-bond donors (Lipinski definition) is 4. The van der Waals surface area contributed by atoms with Crippen LogP contribution in [-0.4, -0.2) is 108 Å². The third-order valence-electron chi connectivity index (χ3n) is 10.7. The van der Waals surface area contributed by atoms with E-state index in [1.54, 1.807) is 41.7 Å². The fourth-order valence-electron chi connectivity index (χ4n) is 6.86. The Balaban J connectivity index is 3.96. The summed E-state index contributed by atoms with van der Waals surface area (Å²) in [6.07, 6.45) is 4.47. The fourth-order valence-corrected chi connectivity index (χ4v) is 6.86. The van der Waals surface area contributed by atoms with E-state index in [2.05, 4.69) is 28.2 Å². The Morgan fingerprint density at radius 1 is 0.789 bits per heavy atom. The highest BCUT2D eigenvalue weighted by molar-refractivity contribution is 5.96. The molecule has 1 aliphatic rings. The van der Waals surface area contributed by atoms with E-state index in [1.807, 2.05) is 55.4 Å². The second kappa shape index (κ2) is 23.4. The Bertz CT molecular complexity index is 1330. The molecule has 57 heavy (non-hydrogen) atoms. The summed E-state index contributed by atoms with van der Waals surface area (Å²) in [4.78, 5) is 86.3. The molecule has 0 aromatic heterocycles. The molecule has 4 N–H and O–H groups in total. The Labute approximate surface area is 343 Å². The van der Waals surface area contributed by atoms with Crippen LogP contribution in [0.15, 0.2) is 0 Å². The maximum atomic E-state index is 14.7. The number of unbranched alkanes of at least 4 members (excludes halogenated alkanes) is 4. The number of esters is 1. The first-order chi connectivity index (χ1) is 26.3. The first-order valence-corrected chi connectivity index (χ1v) is 21.3. The number of hydrogen-bond acceptors (Lipinski definition) is 9. The molecular weight excluding hydrogens is 730 g/mol. The Morgan fingerprint density at radius 2 is 1.39 bits per heavy atom. The van der Waals surface area contributed by atoms with Gasteiger partial charge in [-0.3, -0.25) is 28.8 Å². The molecule has 0 aliphatic carbocycles. The van der Waals surface area contributed by atoms with Crippen LogP contribution in [-0.2, 0) is 43.0 Å². The maximum Gasteiger partial charge on any atom is 0.325 e. The molecule has 1 heterocycles. The lowest BCUT2D eigenvalue weighted by atomic mass is 9.77. The number of ether oxygens (including phenoxy) is 3. The van der Waals surface area contributed by atoms with Crippen LogP contribution in [0.2, 0.25) is 0 Å². The second-order valence-electron chi connectivity index (χ2n) is 18.5. The van der Waals surface area contributed by atoms with Crippen LogP contribution in [0.5, 0.6) is 0 Å². The van der Waals surface area contributed by atoms with Gasteiger partial charge in [-0.1, -0.05) is 73.6 Å². The van der Waals surface area contributed by atoms with Crippen molar-refractivity contribution in [2.75, 3.05) is 20.2 Å². The van der Waals surface area contributed by atoms with E-state index in [9.17, 15) is 28.8 Å². The summed E-state index contributed by atoms with van der Waals surface area (Å²) in [6.45, 7) is 25.1. The van der Waals surface area contributed by atoms with Gasteiger partial charge in [-0.2, -0.15) is 0 Å². The lowest BCUT2D eigenvalue weighted by Crippen LogP contribution is -2.62. The molecule has 1 rings (SSSR count). The number of nitrogens with zero attached hydrogens (tertiary/aromatic N) is 1. The number of nitrogens with one attached hydrogen (secondary N) is 4. The van der Waals surface area contributed by atoms with Crippen LogP contribution >= 0.6 is 0 Å². The van der Waals surface area contributed by atoms with Crippen molar-refractivity contribution in [2.24, 2.45) is 17.3 Å². The monoisotopic (exact) mass is 810 g/mol. The van der Waals surface area contributed by atoms with Crippen LogP contribution in [0, 0.1) is 17.3 Å². The van der Waals surface area contributed by atoms with E-state index in [0.29, 0.717) is 32.1 Å². The van der Waals surface area contributed by atoms with Crippen LogP contribution in [0.25, 0.3) is 0 Å². The summed E-state index contributed by atoms with van der Waals surface area (Å²) in [7, 11) is 1.58. The molecule has 1 saturated heterocycles. The lowest BCUT2D eigenvalue weighted by Gasteiger charge is -2.41. The van der Waals surface area contributed by atoms with Crippen molar-refractivity contribution in [3.8, 4) is 0 Å². The minimum Gasteiger partial charge on any atom is -0.460 e. The molecule has 14 heteroatoms. The summed E-state index contributed by atoms with van der Waals surface area (Å²) in [5.74, 6) is -4.05.